The zero-order chi connectivity index (χ0) is 14.6. The first-order valence-corrected chi connectivity index (χ1v) is 7.55. The fourth-order valence-electron chi connectivity index (χ4n) is 2.77. The second-order valence-electron chi connectivity index (χ2n) is 5.97. The zero-order valence-corrected chi connectivity index (χ0v) is 12.4. The molecule has 1 aromatic rings. The van der Waals surface area contributed by atoms with Crippen molar-refractivity contribution in [1.82, 2.24) is 0 Å². The maximum atomic E-state index is 12.5. The van der Waals surface area contributed by atoms with Crippen LogP contribution in [0.5, 0.6) is 5.75 Å². The molecule has 0 saturated heterocycles. The van der Waals surface area contributed by atoms with Crippen LogP contribution in [0.1, 0.15) is 62.7 Å². The molecule has 0 unspecified atom stereocenters. The molecule has 0 bridgehead atoms. The molecule has 0 atom stereocenters. The summed E-state index contributed by atoms with van der Waals surface area (Å²) < 4.78 is 5.57. The Morgan fingerprint density at radius 2 is 1.65 bits per heavy atom. The zero-order valence-electron chi connectivity index (χ0n) is 12.4. The summed E-state index contributed by atoms with van der Waals surface area (Å²) >= 11 is 0. The number of Topliss-reactive ketones (excluding diaryl/α,β-unsaturated/α-hetero) is 1. The van der Waals surface area contributed by atoms with Crippen LogP contribution in [-0.2, 0) is 0 Å². The van der Waals surface area contributed by atoms with Crippen LogP contribution in [0.25, 0.3) is 0 Å². The van der Waals surface area contributed by atoms with Crippen molar-refractivity contribution < 1.29 is 14.6 Å². The molecule has 0 amide bonds. The molecule has 1 fully saturated rings. The highest BCUT2D eigenvalue weighted by molar-refractivity contribution is 6.02. The first-order valence-electron chi connectivity index (χ1n) is 7.55. The molecule has 0 aliphatic heterocycles. The Morgan fingerprint density at radius 1 is 1.10 bits per heavy atom. The topological polar surface area (TPSA) is 46.5 Å². The van der Waals surface area contributed by atoms with Crippen LogP contribution in [-0.4, -0.2) is 22.6 Å². The van der Waals surface area contributed by atoms with Crippen LogP contribution in [0.3, 0.4) is 0 Å². The molecule has 0 heterocycles. The van der Waals surface area contributed by atoms with Crippen molar-refractivity contribution in [3.8, 4) is 5.75 Å². The molecule has 1 N–H and O–H groups in total. The van der Waals surface area contributed by atoms with Crippen LogP contribution >= 0.6 is 0 Å². The number of hydrogen-bond acceptors (Lipinski definition) is 3. The quantitative estimate of drug-likeness (QED) is 0.673. The maximum absolute atomic E-state index is 12.5. The lowest BCUT2D eigenvalue weighted by molar-refractivity contribution is 0.0238. The molecule has 1 aliphatic carbocycles. The Morgan fingerprint density at radius 3 is 2.15 bits per heavy atom. The van der Waals surface area contributed by atoms with Gasteiger partial charge in [0, 0.05) is 5.56 Å². The van der Waals surface area contributed by atoms with Gasteiger partial charge in [-0.2, -0.15) is 0 Å². The fraction of sp³-hybridized carbons (Fsp3) is 0.588. The highest BCUT2D eigenvalue weighted by Crippen LogP contribution is 2.30. The van der Waals surface area contributed by atoms with Crippen molar-refractivity contribution in [2.24, 2.45) is 0 Å². The maximum Gasteiger partial charge on any atom is 0.194 e. The SMILES string of the molecule is CC(C)Oc1ccc(C(=O)C2(O)CCCCCC2)cc1. The summed E-state index contributed by atoms with van der Waals surface area (Å²) in [6, 6.07) is 7.10. The second kappa shape index (κ2) is 6.40. The molecule has 1 aliphatic rings. The number of ketones is 1. The molecule has 0 spiro atoms. The van der Waals surface area contributed by atoms with Gasteiger partial charge >= 0.3 is 0 Å². The molecular weight excluding hydrogens is 252 g/mol. The van der Waals surface area contributed by atoms with Crippen molar-refractivity contribution in [3.63, 3.8) is 0 Å². The van der Waals surface area contributed by atoms with Crippen LogP contribution in [0.2, 0.25) is 0 Å². The Balaban J connectivity index is 2.11. The van der Waals surface area contributed by atoms with Crippen LogP contribution in [0.4, 0.5) is 0 Å². The summed E-state index contributed by atoms with van der Waals surface area (Å²) in [5.41, 5.74) is -0.595. The minimum absolute atomic E-state index is 0.114. The summed E-state index contributed by atoms with van der Waals surface area (Å²) in [6.07, 6.45) is 5.34. The Kier molecular flexibility index (Phi) is 4.81. The van der Waals surface area contributed by atoms with E-state index in [9.17, 15) is 9.90 Å². The van der Waals surface area contributed by atoms with E-state index in [-0.39, 0.29) is 11.9 Å². The Bertz CT molecular complexity index is 440. The first kappa shape index (κ1) is 15.0. The molecule has 2 rings (SSSR count). The average molecular weight is 276 g/mol. The van der Waals surface area contributed by atoms with E-state index in [1.807, 2.05) is 13.8 Å². The number of benzene rings is 1. The van der Waals surface area contributed by atoms with E-state index in [0.717, 1.165) is 31.4 Å². The molecule has 1 saturated carbocycles. The number of ether oxygens (including phenoxy) is 1. The smallest absolute Gasteiger partial charge is 0.194 e. The molecule has 3 heteroatoms. The van der Waals surface area contributed by atoms with Crippen molar-refractivity contribution in [1.29, 1.82) is 0 Å². The molecular formula is C17H24O3. The number of carbonyl (C=O) groups excluding carboxylic acids is 1. The minimum Gasteiger partial charge on any atom is -0.491 e. The van der Waals surface area contributed by atoms with Gasteiger partial charge in [-0.25, -0.2) is 0 Å². The van der Waals surface area contributed by atoms with Crippen LogP contribution < -0.4 is 4.74 Å². The van der Waals surface area contributed by atoms with E-state index < -0.39 is 5.60 Å². The fourth-order valence-corrected chi connectivity index (χ4v) is 2.77. The minimum atomic E-state index is -1.17. The van der Waals surface area contributed by atoms with E-state index in [2.05, 4.69) is 0 Å². The summed E-state index contributed by atoms with van der Waals surface area (Å²) in [6.45, 7) is 3.93. The van der Waals surface area contributed by atoms with Gasteiger partial charge in [-0.05, 0) is 51.0 Å². The van der Waals surface area contributed by atoms with Crippen molar-refractivity contribution in [2.45, 2.75) is 64.1 Å². The van der Waals surface area contributed by atoms with E-state index in [4.69, 9.17) is 4.74 Å². The van der Waals surface area contributed by atoms with Crippen molar-refractivity contribution in [2.75, 3.05) is 0 Å². The van der Waals surface area contributed by atoms with Crippen molar-refractivity contribution in [3.05, 3.63) is 29.8 Å². The van der Waals surface area contributed by atoms with Gasteiger partial charge in [0.05, 0.1) is 6.10 Å². The lowest BCUT2D eigenvalue weighted by Gasteiger charge is -2.25. The van der Waals surface area contributed by atoms with Gasteiger partial charge in [0.15, 0.2) is 5.78 Å². The van der Waals surface area contributed by atoms with Crippen LogP contribution in [0, 0.1) is 0 Å². The number of aliphatic hydroxyl groups is 1. The van der Waals surface area contributed by atoms with E-state index in [0.29, 0.717) is 18.4 Å². The third kappa shape index (κ3) is 3.60. The predicted octanol–water partition coefficient (Wildman–Crippen LogP) is 3.74. The van der Waals surface area contributed by atoms with Gasteiger partial charge in [-0.1, -0.05) is 25.7 Å². The summed E-state index contributed by atoms with van der Waals surface area (Å²) in [7, 11) is 0. The molecule has 110 valence electrons. The average Bonchev–Trinajstić information content (AvgIpc) is 2.64. The third-order valence-corrected chi connectivity index (χ3v) is 3.84. The number of hydrogen-bond donors (Lipinski definition) is 1. The first-order chi connectivity index (χ1) is 9.51. The highest BCUT2D eigenvalue weighted by Gasteiger charge is 2.36. The van der Waals surface area contributed by atoms with Gasteiger partial charge in [-0.3, -0.25) is 4.79 Å². The van der Waals surface area contributed by atoms with Gasteiger partial charge in [0.1, 0.15) is 11.4 Å². The van der Waals surface area contributed by atoms with Gasteiger partial charge in [0.2, 0.25) is 0 Å². The second-order valence-corrected chi connectivity index (χ2v) is 5.97. The van der Waals surface area contributed by atoms with Gasteiger partial charge < -0.3 is 9.84 Å². The summed E-state index contributed by atoms with van der Waals surface area (Å²) in [4.78, 5) is 12.5. The Hall–Kier alpha value is -1.35. The van der Waals surface area contributed by atoms with E-state index >= 15 is 0 Å². The lowest BCUT2D eigenvalue weighted by atomic mass is 9.86. The molecule has 20 heavy (non-hydrogen) atoms. The lowest BCUT2D eigenvalue weighted by Crippen LogP contribution is -2.38. The molecule has 1 aromatic carbocycles. The van der Waals surface area contributed by atoms with Gasteiger partial charge in [0.25, 0.3) is 0 Å². The summed E-state index contributed by atoms with van der Waals surface area (Å²) in [5.74, 6) is 0.611. The van der Waals surface area contributed by atoms with Gasteiger partial charge in [-0.15, -0.1) is 0 Å². The van der Waals surface area contributed by atoms with Crippen molar-refractivity contribution >= 4 is 5.78 Å². The molecule has 0 aromatic heterocycles. The summed E-state index contributed by atoms with van der Waals surface area (Å²) in [5, 5.41) is 10.6. The molecule has 3 nitrogen and oxygen atoms in total. The monoisotopic (exact) mass is 276 g/mol. The van der Waals surface area contributed by atoms with Crippen LogP contribution in [0.15, 0.2) is 24.3 Å². The number of rotatable bonds is 4. The standard InChI is InChI=1S/C17H24O3/c1-13(2)20-15-9-7-14(8-10-15)16(18)17(19)11-5-3-4-6-12-17/h7-10,13,19H,3-6,11-12H2,1-2H3. The Labute approximate surface area is 121 Å². The van der Waals surface area contributed by atoms with E-state index in [1.165, 1.54) is 0 Å². The number of carbonyl (C=O) groups is 1. The third-order valence-electron chi connectivity index (χ3n) is 3.84. The largest absolute Gasteiger partial charge is 0.491 e. The highest BCUT2D eigenvalue weighted by atomic mass is 16.5. The predicted molar refractivity (Wildman–Crippen MR) is 79.2 cm³/mol. The molecule has 0 radical (unpaired) electrons. The van der Waals surface area contributed by atoms with E-state index in [1.54, 1.807) is 24.3 Å². The normalized spacial score (nSPS) is 18.6.